The molecular weight excluding hydrogens is 360 g/mol. The molecule has 0 unspecified atom stereocenters. The Morgan fingerprint density at radius 3 is 2.96 bits per heavy atom. The minimum absolute atomic E-state index is 0.0208. The Balaban J connectivity index is 1.66. The van der Waals surface area contributed by atoms with Crippen molar-refractivity contribution in [3.05, 3.63) is 35.3 Å². The quantitative estimate of drug-likeness (QED) is 0.802. The molecule has 1 aromatic carbocycles. The van der Waals surface area contributed by atoms with Gasteiger partial charge in [0.25, 0.3) is 0 Å². The van der Waals surface area contributed by atoms with Gasteiger partial charge in [-0.25, -0.2) is 4.98 Å². The molecular formula is C20H24N4O4. The third-order valence-corrected chi connectivity index (χ3v) is 5.00. The second-order valence-electron chi connectivity index (χ2n) is 7.12. The van der Waals surface area contributed by atoms with Crippen LogP contribution in [0.5, 0.6) is 11.5 Å². The van der Waals surface area contributed by atoms with Crippen LogP contribution < -0.4 is 10.1 Å². The van der Waals surface area contributed by atoms with E-state index in [9.17, 15) is 9.90 Å². The molecule has 1 aromatic heterocycles. The van der Waals surface area contributed by atoms with Crippen molar-refractivity contribution in [2.24, 2.45) is 0 Å². The molecule has 148 valence electrons. The van der Waals surface area contributed by atoms with Gasteiger partial charge in [0.05, 0.1) is 36.8 Å². The highest BCUT2D eigenvalue weighted by Crippen LogP contribution is 2.37. The molecule has 2 aromatic rings. The fraction of sp³-hybridized carbons (Fsp3) is 0.450. The molecule has 1 amide bonds. The van der Waals surface area contributed by atoms with Crippen molar-refractivity contribution in [2.45, 2.75) is 26.4 Å². The largest absolute Gasteiger partial charge is 0.504 e. The number of phenols is 1. The van der Waals surface area contributed by atoms with E-state index >= 15 is 0 Å². The molecule has 2 N–H and O–H groups in total. The number of nitrogens with zero attached hydrogens (tertiary/aromatic N) is 3. The third-order valence-electron chi connectivity index (χ3n) is 5.00. The molecule has 1 fully saturated rings. The summed E-state index contributed by atoms with van der Waals surface area (Å²) in [7, 11) is 0. The first-order valence-corrected chi connectivity index (χ1v) is 9.42. The standard InChI is InChI=1S/C20H24N4O4/c1-12-9-22-13(2)18(23-12)14-7-15-10-24(4-6-28-19(15)17(25)8-14)20(26)16-11-27-5-3-21-16/h7-9,16,21,25H,3-6,10-11H2,1-2H3/t16-/m0/s1. The number of ether oxygens (including phenoxy) is 2. The van der Waals surface area contributed by atoms with Crippen LogP contribution in [0.2, 0.25) is 0 Å². The van der Waals surface area contributed by atoms with Crippen molar-refractivity contribution in [1.82, 2.24) is 20.2 Å². The first kappa shape index (κ1) is 18.6. The molecule has 4 rings (SSSR count). The minimum atomic E-state index is -0.350. The summed E-state index contributed by atoms with van der Waals surface area (Å²) in [5, 5.41) is 13.7. The summed E-state index contributed by atoms with van der Waals surface area (Å²) in [6.45, 7) is 6.52. The number of carbonyl (C=O) groups is 1. The van der Waals surface area contributed by atoms with Gasteiger partial charge in [0.15, 0.2) is 11.5 Å². The third kappa shape index (κ3) is 3.65. The van der Waals surface area contributed by atoms with Gasteiger partial charge in [-0.1, -0.05) is 0 Å². The zero-order chi connectivity index (χ0) is 19.7. The van der Waals surface area contributed by atoms with Gasteiger partial charge in [-0.3, -0.25) is 9.78 Å². The number of nitrogens with one attached hydrogen (secondary N) is 1. The lowest BCUT2D eigenvalue weighted by Gasteiger charge is -2.29. The highest BCUT2D eigenvalue weighted by atomic mass is 16.5. The van der Waals surface area contributed by atoms with Crippen LogP contribution in [-0.4, -0.2) is 64.8 Å². The van der Waals surface area contributed by atoms with E-state index in [1.807, 2.05) is 19.9 Å². The van der Waals surface area contributed by atoms with E-state index in [1.54, 1.807) is 17.2 Å². The van der Waals surface area contributed by atoms with Gasteiger partial charge in [0.1, 0.15) is 12.6 Å². The van der Waals surface area contributed by atoms with Crippen molar-refractivity contribution in [2.75, 3.05) is 32.9 Å². The Hall–Kier alpha value is -2.71. The molecule has 0 radical (unpaired) electrons. The predicted molar refractivity (Wildman–Crippen MR) is 102 cm³/mol. The van der Waals surface area contributed by atoms with Crippen molar-refractivity contribution in [1.29, 1.82) is 0 Å². The fourth-order valence-electron chi connectivity index (χ4n) is 3.58. The van der Waals surface area contributed by atoms with E-state index in [-0.39, 0.29) is 17.7 Å². The van der Waals surface area contributed by atoms with E-state index < -0.39 is 0 Å². The van der Waals surface area contributed by atoms with E-state index in [0.29, 0.717) is 50.9 Å². The van der Waals surface area contributed by atoms with Crippen LogP contribution in [0.1, 0.15) is 17.0 Å². The average Bonchev–Trinajstić information content (AvgIpc) is 2.93. The first-order chi connectivity index (χ1) is 13.5. The zero-order valence-corrected chi connectivity index (χ0v) is 16.1. The summed E-state index contributed by atoms with van der Waals surface area (Å²) in [5.41, 5.74) is 3.78. The lowest BCUT2D eigenvalue weighted by Crippen LogP contribution is -2.52. The SMILES string of the molecule is Cc1cnc(C)c(-c2cc(O)c3c(c2)CN(C(=O)[C@@H]2COCCN2)CCO3)n1. The van der Waals surface area contributed by atoms with E-state index in [2.05, 4.69) is 15.3 Å². The summed E-state index contributed by atoms with van der Waals surface area (Å²) >= 11 is 0. The summed E-state index contributed by atoms with van der Waals surface area (Å²) in [6, 6.07) is 3.21. The molecule has 2 aliphatic rings. The molecule has 8 nitrogen and oxygen atoms in total. The second-order valence-corrected chi connectivity index (χ2v) is 7.12. The Labute approximate surface area is 163 Å². The number of hydrogen-bond donors (Lipinski definition) is 2. The van der Waals surface area contributed by atoms with Gasteiger partial charge in [0.2, 0.25) is 5.91 Å². The second kappa shape index (κ2) is 7.73. The molecule has 0 aliphatic carbocycles. The number of aromatic hydroxyl groups is 1. The van der Waals surface area contributed by atoms with Crippen LogP contribution in [0, 0.1) is 13.8 Å². The number of rotatable bonds is 2. The van der Waals surface area contributed by atoms with Crippen LogP contribution in [0.25, 0.3) is 11.3 Å². The topological polar surface area (TPSA) is 96.8 Å². The number of fused-ring (bicyclic) bond motifs is 1. The van der Waals surface area contributed by atoms with Gasteiger partial charge in [0, 0.05) is 30.4 Å². The van der Waals surface area contributed by atoms with E-state index in [0.717, 1.165) is 22.5 Å². The highest BCUT2D eigenvalue weighted by molar-refractivity contribution is 5.82. The Morgan fingerprint density at radius 2 is 2.18 bits per heavy atom. The van der Waals surface area contributed by atoms with Crippen LogP contribution in [-0.2, 0) is 16.1 Å². The molecule has 0 saturated carbocycles. The van der Waals surface area contributed by atoms with Crippen molar-refractivity contribution in [3.8, 4) is 22.8 Å². The summed E-state index contributed by atoms with van der Waals surface area (Å²) in [6.07, 6.45) is 1.71. The maximum Gasteiger partial charge on any atom is 0.242 e. The summed E-state index contributed by atoms with van der Waals surface area (Å²) < 4.78 is 11.2. The maximum atomic E-state index is 12.9. The first-order valence-electron chi connectivity index (χ1n) is 9.42. The number of aryl methyl sites for hydroxylation is 2. The number of amides is 1. The zero-order valence-electron chi connectivity index (χ0n) is 16.1. The fourth-order valence-corrected chi connectivity index (χ4v) is 3.58. The average molecular weight is 384 g/mol. The number of morpholine rings is 1. The Kier molecular flexibility index (Phi) is 5.15. The minimum Gasteiger partial charge on any atom is -0.504 e. The van der Waals surface area contributed by atoms with Gasteiger partial charge in [-0.05, 0) is 26.0 Å². The number of carbonyl (C=O) groups excluding carboxylic acids is 1. The highest BCUT2D eigenvalue weighted by Gasteiger charge is 2.29. The van der Waals surface area contributed by atoms with Crippen LogP contribution in [0.15, 0.2) is 18.3 Å². The molecule has 1 saturated heterocycles. The van der Waals surface area contributed by atoms with Crippen LogP contribution >= 0.6 is 0 Å². The molecule has 0 bridgehead atoms. The van der Waals surface area contributed by atoms with Gasteiger partial charge in [-0.15, -0.1) is 0 Å². The van der Waals surface area contributed by atoms with Gasteiger partial charge >= 0.3 is 0 Å². The maximum absolute atomic E-state index is 12.9. The Bertz CT molecular complexity index is 896. The van der Waals surface area contributed by atoms with Crippen molar-refractivity contribution in [3.63, 3.8) is 0 Å². The molecule has 1 atom stereocenters. The number of aromatic nitrogens is 2. The lowest BCUT2D eigenvalue weighted by molar-refractivity contribution is -0.137. The molecule has 28 heavy (non-hydrogen) atoms. The summed E-state index contributed by atoms with van der Waals surface area (Å²) in [5.74, 6) is 0.446. The molecule has 3 heterocycles. The number of hydrogen-bond acceptors (Lipinski definition) is 7. The monoisotopic (exact) mass is 384 g/mol. The summed E-state index contributed by atoms with van der Waals surface area (Å²) in [4.78, 5) is 23.6. The van der Waals surface area contributed by atoms with Crippen LogP contribution in [0.4, 0.5) is 0 Å². The van der Waals surface area contributed by atoms with Crippen molar-refractivity contribution >= 4 is 5.91 Å². The lowest BCUT2D eigenvalue weighted by atomic mass is 10.0. The van der Waals surface area contributed by atoms with Crippen LogP contribution in [0.3, 0.4) is 0 Å². The Morgan fingerprint density at radius 1 is 1.32 bits per heavy atom. The molecule has 8 heteroatoms. The normalized spacial score (nSPS) is 19.5. The smallest absolute Gasteiger partial charge is 0.242 e. The van der Waals surface area contributed by atoms with Gasteiger partial charge in [-0.2, -0.15) is 0 Å². The van der Waals surface area contributed by atoms with E-state index in [4.69, 9.17) is 9.47 Å². The number of phenolic OH excluding ortho intramolecular Hbond substituents is 1. The molecule has 2 aliphatic heterocycles. The van der Waals surface area contributed by atoms with Gasteiger partial charge < -0.3 is 24.8 Å². The van der Waals surface area contributed by atoms with Crippen molar-refractivity contribution < 1.29 is 19.4 Å². The predicted octanol–water partition coefficient (Wildman–Crippen LogP) is 1.18. The number of benzene rings is 1. The molecule has 0 spiro atoms. The van der Waals surface area contributed by atoms with E-state index in [1.165, 1.54) is 0 Å².